The maximum absolute atomic E-state index is 13.5. The lowest BCUT2D eigenvalue weighted by atomic mass is 10.0. The van der Waals surface area contributed by atoms with E-state index in [0.717, 1.165) is 30.7 Å². The van der Waals surface area contributed by atoms with Crippen LogP contribution in [-0.2, 0) is 23.0 Å². The molecule has 0 spiro atoms. The predicted octanol–water partition coefficient (Wildman–Crippen LogP) is 2.76. The van der Waals surface area contributed by atoms with Gasteiger partial charge in [0, 0.05) is 37.9 Å². The van der Waals surface area contributed by atoms with Gasteiger partial charge in [-0.25, -0.2) is 13.4 Å². The van der Waals surface area contributed by atoms with Gasteiger partial charge >= 0.3 is 0 Å². The fourth-order valence-corrected chi connectivity index (χ4v) is 5.89. The van der Waals surface area contributed by atoms with Gasteiger partial charge in [-0.1, -0.05) is 12.1 Å². The summed E-state index contributed by atoms with van der Waals surface area (Å²) in [5, 5.41) is 0. The van der Waals surface area contributed by atoms with Crippen LogP contribution in [0.15, 0.2) is 35.5 Å². The highest BCUT2D eigenvalue weighted by molar-refractivity contribution is 7.89. The fourth-order valence-electron chi connectivity index (χ4n) is 4.05. The molecule has 7 heteroatoms. The zero-order valence-electron chi connectivity index (χ0n) is 15.5. The molecule has 2 aliphatic rings. The Morgan fingerprint density at radius 1 is 1.35 bits per heavy atom. The number of fused-ring (bicyclic) bond motifs is 1. The molecular weight excluding hydrogens is 350 g/mol. The Morgan fingerprint density at radius 3 is 2.88 bits per heavy atom. The Morgan fingerprint density at radius 2 is 2.15 bits per heavy atom. The molecule has 0 radical (unpaired) electrons. The van der Waals surface area contributed by atoms with Gasteiger partial charge in [-0.3, -0.25) is 0 Å². The van der Waals surface area contributed by atoms with Crippen LogP contribution < -0.4 is 4.74 Å². The van der Waals surface area contributed by atoms with E-state index in [1.54, 1.807) is 16.6 Å². The second kappa shape index (κ2) is 6.09. The first kappa shape index (κ1) is 17.5. The summed E-state index contributed by atoms with van der Waals surface area (Å²) in [4.78, 5) is 4.54. The van der Waals surface area contributed by atoms with E-state index in [9.17, 15) is 8.42 Å². The van der Waals surface area contributed by atoms with Gasteiger partial charge in [-0.05, 0) is 45.2 Å². The second-order valence-electron chi connectivity index (χ2n) is 7.82. The molecule has 0 aliphatic carbocycles. The summed E-state index contributed by atoms with van der Waals surface area (Å²) in [6.45, 7) is 7.10. The van der Waals surface area contributed by atoms with E-state index < -0.39 is 10.0 Å². The predicted molar refractivity (Wildman–Crippen MR) is 98.7 cm³/mol. The molecule has 0 unspecified atom stereocenters. The van der Waals surface area contributed by atoms with Crippen molar-refractivity contribution in [2.45, 2.75) is 63.1 Å². The molecule has 1 fully saturated rings. The monoisotopic (exact) mass is 375 g/mol. The highest BCUT2D eigenvalue weighted by atomic mass is 32.2. The quantitative estimate of drug-likeness (QED) is 0.824. The second-order valence-corrected chi connectivity index (χ2v) is 9.68. The third-order valence-electron chi connectivity index (χ3n) is 5.30. The number of ether oxygens (including phenoxy) is 1. The minimum Gasteiger partial charge on any atom is -0.486 e. The first-order chi connectivity index (χ1) is 12.3. The van der Waals surface area contributed by atoms with E-state index in [2.05, 4.69) is 4.98 Å². The van der Waals surface area contributed by atoms with Crippen molar-refractivity contribution in [1.82, 2.24) is 13.9 Å². The largest absolute Gasteiger partial charge is 0.486 e. The molecular formula is C19H25N3O3S. The first-order valence-electron chi connectivity index (χ1n) is 9.08. The number of nitrogens with zero attached hydrogens (tertiary/aromatic N) is 3. The van der Waals surface area contributed by atoms with Crippen LogP contribution in [0.5, 0.6) is 5.75 Å². The molecule has 0 N–H and O–H groups in total. The summed E-state index contributed by atoms with van der Waals surface area (Å²) in [5.41, 5.74) is 0.601. The molecule has 140 valence electrons. The van der Waals surface area contributed by atoms with Gasteiger partial charge in [0.2, 0.25) is 10.0 Å². The van der Waals surface area contributed by atoms with Crippen LogP contribution in [0, 0.1) is 6.92 Å². The van der Waals surface area contributed by atoms with Crippen molar-refractivity contribution in [2.75, 3.05) is 6.54 Å². The number of hydrogen-bond donors (Lipinski definition) is 0. The number of imidazole rings is 1. The average Bonchev–Trinajstić information content (AvgIpc) is 3.25. The molecule has 0 bridgehead atoms. The topological polar surface area (TPSA) is 64.4 Å². The first-order valence-corrected chi connectivity index (χ1v) is 10.5. The van der Waals surface area contributed by atoms with Crippen LogP contribution in [0.25, 0.3) is 0 Å². The number of sulfonamides is 1. The number of aryl methyl sites for hydroxylation is 1. The van der Waals surface area contributed by atoms with Crippen molar-refractivity contribution in [3.05, 3.63) is 42.0 Å². The summed E-state index contributed by atoms with van der Waals surface area (Å²) in [6, 6.07) is 5.40. The van der Waals surface area contributed by atoms with Crippen LogP contribution in [0.2, 0.25) is 0 Å². The third kappa shape index (κ3) is 2.93. The smallest absolute Gasteiger partial charge is 0.247 e. The van der Waals surface area contributed by atoms with Crippen molar-refractivity contribution in [1.29, 1.82) is 0 Å². The SMILES string of the molecule is Cc1nccn1C[C@@H]1CCCN1S(=O)(=O)c1cccc2c1OC(C)(C)C2. The molecule has 3 heterocycles. The van der Waals surface area contributed by atoms with Crippen LogP contribution in [0.4, 0.5) is 0 Å². The van der Waals surface area contributed by atoms with Crippen LogP contribution in [0.1, 0.15) is 38.1 Å². The lowest BCUT2D eigenvalue weighted by Crippen LogP contribution is -2.38. The van der Waals surface area contributed by atoms with Gasteiger partial charge in [0.15, 0.2) is 0 Å². The van der Waals surface area contributed by atoms with E-state index in [1.165, 1.54) is 0 Å². The van der Waals surface area contributed by atoms with Crippen LogP contribution in [-0.4, -0.2) is 40.5 Å². The molecule has 1 saturated heterocycles. The summed E-state index contributed by atoms with van der Waals surface area (Å²) in [7, 11) is -3.60. The molecule has 0 amide bonds. The molecule has 2 aliphatic heterocycles. The molecule has 6 nitrogen and oxygen atoms in total. The normalized spacial score (nSPS) is 22.3. The molecule has 4 rings (SSSR count). The maximum atomic E-state index is 13.5. The van der Waals surface area contributed by atoms with Crippen molar-refractivity contribution in [2.24, 2.45) is 0 Å². The summed E-state index contributed by atoms with van der Waals surface area (Å²) < 4.78 is 36.6. The van der Waals surface area contributed by atoms with Crippen LogP contribution in [0.3, 0.4) is 0 Å². The minimum atomic E-state index is -3.60. The van der Waals surface area contributed by atoms with E-state index in [0.29, 0.717) is 23.7 Å². The van der Waals surface area contributed by atoms with Gasteiger partial charge in [0.25, 0.3) is 0 Å². The lowest BCUT2D eigenvalue weighted by Gasteiger charge is -2.26. The Balaban J connectivity index is 1.67. The highest BCUT2D eigenvalue weighted by Crippen LogP contribution is 2.41. The zero-order valence-corrected chi connectivity index (χ0v) is 16.3. The number of aromatic nitrogens is 2. The summed E-state index contributed by atoms with van der Waals surface area (Å²) in [6.07, 6.45) is 6.12. The van der Waals surface area contributed by atoms with Crippen molar-refractivity contribution >= 4 is 10.0 Å². The fraction of sp³-hybridized carbons (Fsp3) is 0.526. The Kier molecular flexibility index (Phi) is 4.11. The van der Waals surface area contributed by atoms with Gasteiger partial charge in [0.05, 0.1) is 0 Å². The summed E-state index contributed by atoms with van der Waals surface area (Å²) >= 11 is 0. The Hall–Kier alpha value is -1.86. The number of para-hydroxylation sites is 1. The van der Waals surface area contributed by atoms with Crippen molar-refractivity contribution in [3.8, 4) is 5.75 Å². The number of hydrogen-bond acceptors (Lipinski definition) is 4. The van der Waals surface area contributed by atoms with Crippen molar-refractivity contribution < 1.29 is 13.2 Å². The van der Waals surface area contributed by atoms with Crippen LogP contribution >= 0.6 is 0 Å². The summed E-state index contributed by atoms with van der Waals surface area (Å²) in [5.74, 6) is 1.43. The van der Waals surface area contributed by atoms with E-state index >= 15 is 0 Å². The average molecular weight is 375 g/mol. The molecule has 1 aromatic carbocycles. The number of benzene rings is 1. The maximum Gasteiger partial charge on any atom is 0.247 e. The molecule has 1 atom stereocenters. The zero-order chi connectivity index (χ0) is 18.5. The van der Waals surface area contributed by atoms with Gasteiger partial charge < -0.3 is 9.30 Å². The van der Waals surface area contributed by atoms with E-state index in [-0.39, 0.29) is 11.6 Å². The van der Waals surface area contributed by atoms with Gasteiger partial charge in [0.1, 0.15) is 22.1 Å². The molecule has 1 aromatic heterocycles. The molecule has 2 aromatic rings. The third-order valence-corrected chi connectivity index (χ3v) is 7.27. The molecule has 0 saturated carbocycles. The molecule has 26 heavy (non-hydrogen) atoms. The van der Waals surface area contributed by atoms with Gasteiger partial charge in [-0.15, -0.1) is 0 Å². The Labute approximate surface area is 154 Å². The minimum absolute atomic E-state index is 0.0573. The number of rotatable bonds is 4. The highest BCUT2D eigenvalue weighted by Gasteiger charge is 2.40. The van der Waals surface area contributed by atoms with E-state index in [1.807, 2.05) is 43.7 Å². The lowest BCUT2D eigenvalue weighted by molar-refractivity contribution is 0.134. The van der Waals surface area contributed by atoms with Gasteiger partial charge in [-0.2, -0.15) is 4.31 Å². The Bertz CT molecular complexity index is 933. The van der Waals surface area contributed by atoms with Crippen molar-refractivity contribution in [3.63, 3.8) is 0 Å². The standard InChI is InChI=1S/C19H25N3O3S/c1-14-20-9-11-21(14)13-16-7-5-10-22(16)26(23,24)17-8-4-6-15-12-19(2,3)25-18(15)17/h4,6,8-9,11,16H,5,7,10,12-13H2,1-3H3/t16-/m0/s1. The van der Waals surface area contributed by atoms with E-state index in [4.69, 9.17) is 4.74 Å².